The molecule has 0 spiro atoms. The van der Waals surface area contributed by atoms with Gasteiger partial charge in [-0.2, -0.15) is 0 Å². The van der Waals surface area contributed by atoms with Gasteiger partial charge in [0.15, 0.2) is 0 Å². The summed E-state index contributed by atoms with van der Waals surface area (Å²) < 4.78 is 0. The van der Waals surface area contributed by atoms with Gasteiger partial charge in [-0.25, -0.2) is 0 Å². The van der Waals surface area contributed by atoms with Crippen molar-refractivity contribution in [3.63, 3.8) is 0 Å². The largest absolute Gasteiger partial charge is 0.344 e. The first-order chi connectivity index (χ1) is 7.54. The molecule has 1 rings (SSSR count). The van der Waals surface area contributed by atoms with Gasteiger partial charge in [0.1, 0.15) is 0 Å². The van der Waals surface area contributed by atoms with E-state index in [2.05, 4.69) is 11.8 Å². The molecule has 4 nitrogen and oxygen atoms in total. The first kappa shape index (κ1) is 13.5. The molecular weight excluding hydrogens is 202 g/mol. The topological polar surface area (TPSA) is 49.6 Å². The number of rotatable bonds is 5. The zero-order chi connectivity index (χ0) is 12.1. The van der Waals surface area contributed by atoms with Crippen LogP contribution < -0.4 is 5.73 Å². The molecule has 0 radical (unpaired) electrons. The van der Waals surface area contributed by atoms with Crippen molar-refractivity contribution in [1.29, 1.82) is 0 Å². The van der Waals surface area contributed by atoms with Gasteiger partial charge in [0.05, 0.1) is 0 Å². The number of likely N-dealkylation sites (tertiary alicyclic amines) is 1. The van der Waals surface area contributed by atoms with Gasteiger partial charge < -0.3 is 10.6 Å². The van der Waals surface area contributed by atoms with Crippen LogP contribution in [0.4, 0.5) is 0 Å². The maximum Gasteiger partial charge on any atom is 0.223 e. The van der Waals surface area contributed by atoms with Crippen molar-refractivity contribution in [1.82, 2.24) is 9.80 Å². The molecular formula is C12H25N3O. The van der Waals surface area contributed by atoms with E-state index in [0.29, 0.717) is 12.5 Å². The monoisotopic (exact) mass is 227 g/mol. The highest BCUT2D eigenvalue weighted by Crippen LogP contribution is 2.17. The fraction of sp³-hybridized carbons (Fsp3) is 0.917. The Kier molecular flexibility index (Phi) is 5.22. The number of carbonyl (C=O) groups is 1. The second kappa shape index (κ2) is 6.21. The van der Waals surface area contributed by atoms with Crippen LogP contribution in [-0.4, -0.2) is 54.5 Å². The summed E-state index contributed by atoms with van der Waals surface area (Å²) in [6, 6.07) is 0.507. The maximum atomic E-state index is 11.8. The number of nitrogens with zero attached hydrogens (tertiary/aromatic N) is 2. The SMILES string of the molecule is CCN1CCCC1CN(C)C(=O)CC(C)N. The Labute approximate surface area is 98.8 Å². The molecule has 0 aromatic carbocycles. The van der Waals surface area contributed by atoms with Gasteiger partial charge in [0.25, 0.3) is 0 Å². The van der Waals surface area contributed by atoms with Gasteiger partial charge in [-0.1, -0.05) is 6.92 Å². The van der Waals surface area contributed by atoms with E-state index in [0.717, 1.165) is 13.1 Å². The summed E-state index contributed by atoms with van der Waals surface area (Å²) in [7, 11) is 1.89. The van der Waals surface area contributed by atoms with E-state index >= 15 is 0 Å². The third kappa shape index (κ3) is 3.76. The highest BCUT2D eigenvalue weighted by Gasteiger charge is 2.25. The maximum absolute atomic E-state index is 11.8. The van der Waals surface area contributed by atoms with Crippen LogP contribution in [0.1, 0.15) is 33.1 Å². The fourth-order valence-electron chi connectivity index (χ4n) is 2.37. The highest BCUT2D eigenvalue weighted by molar-refractivity contribution is 5.76. The summed E-state index contributed by atoms with van der Waals surface area (Å²) in [5.41, 5.74) is 5.63. The molecule has 1 fully saturated rings. The number of hydrogen-bond acceptors (Lipinski definition) is 3. The third-order valence-corrected chi connectivity index (χ3v) is 3.31. The molecule has 1 aliphatic heterocycles. The minimum atomic E-state index is -0.0409. The van der Waals surface area contributed by atoms with Gasteiger partial charge in [-0.05, 0) is 32.9 Å². The number of nitrogens with two attached hydrogens (primary N) is 1. The van der Waals surface area contributed by atoms with Crippen LogP contribution in [0.15, 0.2) is 0 Å². The number of carbonyl (C=O) groups excluding carboxylic acids is 1. The van der Waals surface area contributed by atoms with Crippen molar-refractivity contribution in [3.05, 3.63) is 0 Å². The average molecular weight is 227 g/mol. The standard InChI is InChI=1S/C12H25N3O/c1-4-15-7-5-6-11(15)9-14(3)12(16)8-10(2)13/h10-11H,4-9,13H2,1-3H3. The fourth-order valence-corrected chi connectivity index (χ4v) is 2.37. The molecule has 0 aliphatic carbocycles. The van der Waals surface area contributed by atoms with Crippen LogP contribution in [0.25, 0.3) is 0 Å². The lowest BCUT2D eigenvalue weighted by atomic mass is 10.2. The lowest BCUT2D eigenvalue weighted by Crippen LogP contribution is -2.42. The predicted molar refractivity (Wildman–Crippen MR) is 66.2 cm³/mol. The molecule has 4 heteroatoms. The van der Waals surface area contributed by atoms with Gasteiger partial charge in [-0.15, -0.1) is 0 Å². The van der Waals surface area contributed by atoms with Crippen LogP contribution in [0.5, 0.6) is 0 Å². The van der Waals surface area contributed by atoms with Crippen LogP contribution in [0.2, 0.25) is 0 Å². The summed E-state index contributed by atoms with van der Waals surface area (Å²) in [6.45, 7) is 7.16. The van der Waals surface area contributed by atoms with Crippen LogP contribution in [0.3, 0.4) is 0 Å². The van der Waals surface area contributed by atoms with Crippen molar-refractivity contribution >= 4 is 5.91 Å². The smallest absolute Gasteiger partial charge is 0.223 e. The second-order valence-electron chi connectivity index (χ2n) is 4.88. The molecule has 0 bridgehead atoms. The Morgan fingerprint density at radius 2 is 2.31 bits per heavy atom. The van der Waals surface area contributed by atoms with E-state index in [1.807, 2.05) is 18.9 Å². The lowest BCUT2D eigenvalue weighted by Gasteiger charge is -2.28. The average Bonchev–Trinajstić information content (AvgIpc) is 2.64. The van der Waals surface area contributed by atoms with E-state index in [-0.39, 0.29) is 11.9 Å². The molecule has 2 N–H and O–H groups in total. The molecule has 2 atom stereocenters. The lowest BCUT2D eigenvalue weighted by molar-refractivity contribution is -0.130. The molecule has 16 heavy (non-hydrogen) atoms. The normalized spacial score (nSPS) is 23.4. The van der Waals surface area contributed by atoms with E-state index < -0.39 is 0 Å². The van der Waals surface area contributed by atoms with Crippen LogP contribution in [-0.2, 0) is 4.79 Å². The number of likely N-dealkylation sites (N-methyl/N-ethyl adjacent to an activating group) is 2. The van der Waals surface area contributed by atoms with Gasteiger partial charge in [-0.3, -0.25) is 9.69 Å². The van der Waals surface area contributed by atoms with Crippen molar-refractivity contribution in [2.24, 2.45) is 5.73 Å². The molecule has 0 aromatic rings. The first-order valence-electron chi connectivity index (χ1n) is 6.28. The van der Waals surface area contributed by atoms with Crippen molar-refractivity contribution in [3.8, 4) is 0 Å². The molecule has 1 amide bonds. The zero-order valence-corrected chi connectivity index (χ0v) is 10.8. The first-order valence-corrected chi connectivity index (χ1v) is 6.28. The van der Waals surface area contributed by atoms with E-state index in [1.165, 1.54) is 19.4 Å². The van der Waals surface area contributed by atoms with Crippen LogP contribution in [0, 0.1) is 0 Å². The molecule has 1 aliphatic rings. The summed E-state index contributed by atoms with van der Waals surface area (Å²) in [5, 5.41) is 0. The number of hydrogen-bond donors (Lipinski definition) is 1. The Morgan fingerprint density at radius 1 is 1.62 bits per heavy atom. The van der Waals surface area contributed by atoms with Gasteiger partial charge >= 0.3 is 0 Å². The molecule has 94 valence electrons. The van der Waals surface area contributed by atoms with Crippen LogP contribution >= 0.6 is 0 Å². The van der Waals surface area contributed by atoms with E-state index in [1.54, 1.807) is 0 Å². The highest BCUT2D eigenvalue weighted by atomic mass is 16.2. The van der Waals surface area contributed by atoms with Gasteiger partial charge in [0.2, 0.25) is 5.91 Å². The predicted octanol–water partition coefficient (Wildman–Crippen LogP) is 0.666. The van der Waals surface area contributed by atoms with Crippen molar-refractivity contribution in [2.75, 3.05) is 26.7 Å². The van der Waals surface area contributed by atoms with Crippen molar-refractivity contribution in [2.45, 2.75) is 45.2 Å². The Hall–Kier alpha value is -0.610. The minimum absolute atomic E-state index is 0.0409. The summed E-state index contributed by atoms with van der Waals surface area (Å²) >= 11 is 0. The zero-order valence-electron chi connectivity index (χ0n) is 10.8. The third-order valence-electron chi connectivity index (χ3n) is 3.31. The Morgan fingerprint density at radius 3 is 2.88 bits per heavy atom. The quantitative estimate of drug-likeness (QED) is 0.751. The van der Waals surface area contributed by atoms with E-state index in [4.69, 9.17) is 5.73 Å². The van der Waals surface area contributed by atoms with Gasteiger partial charge in [0, 0.05) is 32.1 Å². The van der Waals surface area contributed by atoms with E-state index in [9.17, 15) is 4.79 Å². The summed E-state index contributed by atoms with van der Waals surface area (Å²) in [6.07, 6.45) is 2.92. The molecule has 1 saturated heterocycles. The Balaban J connectivity index is 2.38. The minimum Gasteiger partial charge on any atom is -0.344 e. The Bertz CT molecular complexity index is 230. The summed E-state index contributed by atoms with van der Waals surface area (Å²) in [5.74, 6) is 0.165. The second-order valence-corrected chi connectivity index (χ2v) is 4.88. The molecule has 2 unspecified atom stereocenters. The molecule has 0 aromatic heterocycles. The number of amides is 1. The molecule has 0 saturated carbocycles. The molecule has 1 heterocycles. The van der Waals surface area contributed by atoms with Crippen molar-refractivity contribution < 1.29 is 4.79 Å². The summed E-state index contributed by atoms with van der Waals surface area (Å²) in [4.78, 5) is 16.1.